The summed E-state index contributed by atoms with van der Waals surface area (Å²) in [6.45, 7) is 4.74. The molecule has 0 bridgehead atoms. The van der Waals surface area contributed by atoms with Gasteiger partial charge in [0.05, 0.1) is 16.3 Å². The van der Waals surface area contributed by atoms with Crippen molar-refractivity contribution < 1.29 is 4.79 Å². The highest BCUT2D eigenvalue weighted by Crippen LogP contribution is 2.31. The van der Waals surface area contributed by atoms with Gasteiger partial charge in [-0.1, -0.05) is 43.7 Å². The number of carbonyl (C=O) groups excluding carboxylic acids is 1. The minimum atomic E-state index is -0.234. The Kier molecular flexibility index (Phi) is 5.69. The molecule has 7 heteroatoms. The highest BCUT2D eigenvalue weighted by Gasteiger charge is 2.25. The number of aromatic nitrogens is 2. The summed E-state index contributed by atoms with van der Waals surface area (Å²) in [5, 5.41) is 5.84. The molecular weight excluding hydrogens is 438 g/mol. The molecule has 0 saturated heterocycles. The number of nitrogens with one attached hydrogen (secondary N) is 1. The second-order valence-corrected chi connectivity index (χ2v) is 10.2. The summed E-state index contributed by atoms with van der Waals surface area (Å²) >= 11 is 2.95. The molecule has 0 spiro atoms. The van der Waals surface area contributed by atoms with Crippen molar-refractivity contribution in [2.24, 2.45) is 0 Å². The van der Waals surface area contributed by atoms with E-state index in [4.69, 9.17) is 4.98 Å². The molecular formula is C25H25N3O2S2. The lowest BCUT2D eigenvalue weighted by molar-refractivity contribution is 0.0947. The van der Waals surface area contributed by atoms with Crippen molar-refractivity contribution in [1.82, 2.24) is 14.9 Å². The molecule has 4 heterocycles. The third-order valence-electron chi connectivity index (χ3n) is 6.07. The van der Waals surface area contributed by atoms with E-state index in [1.165, 1.54) is 16.9 Å². The Morgan fingerprint density at radius 3 is 2.78 bits per heavy atom. The van der Waals surface area contributed by atoms with E-state index in [-0.39, 0.29) is 17.5 Å². The molecule has 1 N–H and O–H groups in total. The number of benzene rings is 1. The number of rotatable bonds is 6. The molecule has 0 saturated carbocycles. The standard InChI is InChI=1S/C25H25N3O2S2/c1-3-6-16-9-11-17(12-10-16)21(18-7-5-14-31-18)27-23(29)22-15(2)20-24(32-22)26-19-8-4-13-28(19)25(20)30/h5,7,9-12,14,21H,3-4,6,8,13H2,1-2H3,(H,27,29). The van der Waals surface area contributed by atoms with Gasteiger partial charge in [0.2, 0.25) is 0 Å². The molecule has 0 radical (unpaired) electrons. The van der Waals surface area contributed by atoms with Gasteiger partial charge < -0.3 is 5.32 Å². The van der Waals surface area contributed by atoms with Crippen LogP contribution in [0.5, 0.6) is 0 Å². The van der Waals surface area contributed by atoms with Crippen LogP contribution in [-0.4, -0.2) is 15.5 Å². The topological polar surface area (TPSA) is 64.0 Å². The van der Waals surface area contributed by atoms with Gasteiger partial charge in [-0.3, -0.25) is 14.2 Å². The highest BCUT2D eigenvalue weighted by atomic mass is 32.1. The fourth-order valence-electron chi connectivity index (χ4n) is 4.43. The zero-order valence-corrected chi connectivity index (χ0v) is 19.8. The molecule has 3 aromatic heterocycles. The van der Waals surface area contributed by atoms with Gasteiger partial charge in [-0.05, 0) is 47.9 Å². The van der Waals surface area contributed by atoms with E-state index < -0.39 is 0 Å². The monoisotopic (exact) mass is 463 g/mol. The van der Waals surface area contributed by atoms with Crippen LogP contribution in [0.2, 0.25) is 0 Å². The molecule has 5 rings (SSSR count). The smallest absolute Gasteiger partial charge is 0.262 e. The first-order valence-electron chi connectivity index (χ1n) is 11.0. The molecule has 0 fully saturated rings. The van der Waals surface area contributed by atoms with E-state index in [1.807, 2.05) is 24.4 Å². The van der Waals surface area contributed by atoms with Crippen LogP contribution in [0.4, 0.5) is 0 Å². The Hall–Kier alpha value is -2.77. The minimum Gasteiger partial charge on any atom is -0.340 e. The van der Waals surface area contributed by atoms with Crippen molar-refractivity contribution >= 4 is 38.8 Å². The van der Waals surface area contributed by atoms with Crippen LogP contribution in [0.15, 0.2) is 46.6 Å². The summed E-state index contributed by atoms with van der Waals surface area (Å²) < 4.78 is 1.76. The van der Waals surface area contributed by atoms with Gasteiger partial charge in [0.25, 0.3) is 11.5 Å². The lowest BCUT2D eigenvalue weighted by Gasteiger charge is -2.18. The van der Waals surface area contributed by atoms with Crippen LogP contribution in [0, 0.1) is 6.92 Å². The second kappa shape index (κ2) is 8.64. The van der Waals surface area contributed by atoms with Gasteiger partial charge in [0.1, 0.15) is 10.7 Å². The van der Waals surface area contributed by atoms with Gasteiger partial charge in [-0.25, -0.2) is 4.98 Å². The molecule has 0 aliphatic carbocycles. The molecule has 164 valence electrons. The van der Waals surface area contributed by atoms with Gasteiger partial charge >= 0.3 is 0 Å². The lowest BCUT2D eigenvalue weighted by Crippen LogP contribution is -2.28. The molecule has 4 aromatic rings. The van der Waals surface area contributed by atoms with Gasteiger partial charge in [0.15, 0.2) is 0 Å². The van der Waals surface area contributed by atoms with Crippen LogP contribution in [0.25, 0.3) is 10.2 Å². The van der Waals surface area contributed by atoms with Crippen LogP contribution in [0.1, 0.15) is 62.9 Å². The fraction of sp³-hybridized carbons (Fsp3) is 0.320. The number of thiophene rings is 2. The van der Waals surface area contributed by atoms with Crippen molar-refractivity contribution in [3.05, 3.63) is 84.4 Å². The first-order chi connectivity index (χ1) is 15.6. The second-order valence-electron chi connectivity index (χ2n) is 8.24. The summed E-state index contributed by atoms with van der Waals surface area (Å²) in [4.78, 5) is 33.4. The van der Waals surface area contributed by atoms with Crippen molar-refractivity contribution in [2.75, 3.05) is 0 Å². The Balaban J connectivity index is 1.50. The van der Waals surface area contributed by atoms with E-state index in [0.717, 1.165) is 47.5 Å². The Morgan fingerprint density at radius 2 is 2.06 bits per heavy atom. The maximum absolute atomic E-state index is 13.4. The zero-order chi connectivity index (χ0) is 22.2. The minimum absolute atomic E-state index is 0.0170. The number of aryl methyl sites for hydroxylation is 3. The number of fused-ring (bicyclic) bond motifs is 2. The Bertz CT molecular complexity index is 1330. The Labute approximate surface area is 194 Å². The first kappa shape index (κ1) is 21.1. The molecule has 1 atom stereocenters. The predicted octanol–water partition coefficient (Wildman–Crippen LogP) is 5.25. The number of carbonyl (C=O) groups is 1. The summed E-state index contributed by atoms with van der Waals surface area (Å²) in [6, 6.07) is 12.3. The largest absolute Gasteiger partial charge is 0.340 e. The summed E-state index contributed by atoms with van der Waals surface area (Å²) in [6.07, 6.45) is 3.92. The molecule has 1 aliphatic rings. The van der Waals surface area contributed by atoms with E-state index >= 15 is 0 Å². The number of hydrogen-bond acceptors (Lipinski definition) is 5. The van der Waals surface area contributed by atoms with Crippen molar-refractivity contribution in [1.29, 1.82) is 0 Å². The first-order valence-corrected chi connectivity index (χ1v) is 12.7. The van der Waals surface area contributed by atoms with Gasteiger partial charge in [-0.15, -0.1) is 22.7 Å². The average Bonchev–Trinajstić information content (AvgIpc) is 3.54. The van der Waals surface area contributed by atoms with Crippen molar-refractivity contribution in [3.63, 3.8) is 0 Å². The SMILES string of the molecule is CCCc1ccc(C(NC(=O)c2sc3nc4n(c(=O)c3c2C)CCC4)c2cccs2)cc1. The summed E-state index contributed by atoms with van der Waals surface area (Å²) in [5.74, 6) is 0.672. The maximum Gasteiger partial charge on any atom is 0.262 e. The molecule has 1 aromatic carbocycles. The Morgan fingerprint density at radius 1 is 1.25 bits per heavy atom. The van der Waals surface area contributed by atoms with Gasteiger partial charge in [0, 0.05) is 17.8 Å². The highest BCUT2D eigenvalue weighted by molar-refractivity contribution is 7.20. The molecule has 32 heavy (non-hydrogen) atoms. The summed E-state index contributed by atoms with van der Waals surface area (Å²) in [7, 11) is 0. The summed E-state index contributed by atoms with van der Waals surface area (Å²) in [5.41, 5.74) is 3.06. The quantitative estimate of drug-likeness (QED) is 0.425. The van der Waals surface area contributed by atoms with Crippen LogP contribution in [-0.2, 0) is 19.4 Å². The van der Waals surface area contributed by atoms with Gasteiger partial charge in [-0.2, -0.15) is 0 Å². The average molecular weight is 464 g/mol. The zero-order valence-electron chi connectivity index (χ0n) is 18.2. The molecule has 1 aliphatic heterocycles. The lowest BCUT2D eigenvalue weighted by atomic mass is 10.0. The predicted molar refractivity (Wildman–Crippen MR) is 131 cm³/mol. The molecule has 1 unspecified atom stereocenters. The molecule has 1 amide bonds. The number of nitrogens with zero attached hydrogens (tertiary/aromatic N) is 2. The maximum atomic E-state index is 13.4. The van der Waals surface area contributed by atoms with E-state index in [0.29, 0.717) is 21.6 Å². The number of amides is 1. The van der Waals surface area contributed by atoms with E-state index in [2.05, 4.69) is 36.5 Å². The van der Waals surface area contributed by atoms with E-state index in [1.54, 1.807) is 15.9 Å². The third kappa shape index (κ3) is 3.69. The van der Waals surface area contributed by atoms with Crippen molar-refractivity contribution in [3.8, 4) is 0 Å². The van der Waals surface area contributed by atoms with Crippen LogP contribution >= 0.6 is 22.7 Å². The van der Waals surface area contributed by atoms with Crippen LogP contribution < -0.4 is 10.9 Å². The van der Waals surface area contributed by atoms with Crippen LogP contribution in [0.3, 0.4) is 0 Å². The van der Waals surface area contributed by atoms with Crippen molar-refractivity contribution in [2.45, 2.75) is 52.1 Å². The number of hydrogen-bond donors (Lipinski definition) is 1. The van der Waals surface area contributed by atoms with E-state index in [9.17, 15) is 9.59 Å². The molecule has 5 nitrogen and oxygen atoms in total. The third-order valence-corrected chi connectivity index (χ3v) is 8.19. The fourth-order valence-corrected chi connectivity index (χ4v) is 6.32. The normalized spacial score (nSPS) is 13.9.